The van der Waals surface area contributed by atoms with Crippen LogP contribution in [0, 0.1) is 23.3 Å². The molecule has 0 spiro atoms. The van der Waals surface area contributed by atoms with Gasteiger partial charge in [0.15, 0.2) is 6.19 Å². The maximum atomic E-state index is 11.6. The number of guanidine groups is 1. The predicted molar refractivity (Wildman–Crippen MR) is 111 cm³/mol. The van der Waals surface area contributed by atoms with E-state index in [2.05, 4.69) is 42.8 Å². The number of pyridine rings is 1. The zero-order chi connectivity index (χ0) is 20.5. The Balaban J connectivity index is 1.67. The van der Waals surface area contributed by atoms with Crippen LogP contribution in [0.1, 0.15) is 18.1 Å². The first-order valence-corrected chi connectivity index (χ1v) is 8.86. The predicted octanol–water partition coefficient (Wildman–Crippen LogP) is 2.24. The number of carbonyl (C=O) groups excluding carboxylic acids is 1. The van der Waals surface area contributed by atoms with Gasteiger partial charge >= 0.3 is 0 Å². The molecule has 1 amide bonds. The number of aliphatic imine (C=N–C) groups is 1. The van der Waals surface area contributed by atoms with Gasteiger partial charge in [-0.25, -0.2) is 9.98 Å². The van der Waals surface area contributed by atoms with Crippen molar-refractivity contribution in [1.82, 2.24) is 20.6 Å². The monoisotopic (exact) mass is 385 g/mol. The Kier molecular flexibility index (Phi) is 6.43. The first-order valence-electron chi connectivity index (χ1n) is 8.86. The molecule has 0 bridgehead atoms. The van der Waals surface area contributed by atoms with Gasteiger partial charge in [-0.3, -0.25) is 10.1 Å². The van der Waals surface area contributed by atoms with E-state index in [9.17, 15) is 4.79 Å². The summed E-state index contributed by atoms with van der Waals surface area (Å²) in [5.41, 5.74) is 3.36. The van der Waals surface area contributed by atoms with E-state index >= 15 is 0 Å². The summed E-state index contributed by atoms with van der Waals surface area (Å²) in [4.78, 5) is 23.4. The fourth-order valence-electron chi connectivity index (χ4n) is 2.74. The molecule has 144 valence electrons. The molecular formula is C21H19N7O. The highest BCUT2D eigenvalue weighted by atomic mass is 16.1. The summed E-state index contributed by atoms with van der Waals surface area (Å²) in [7, 11) is 0. The molecule has 2 heterocycles. The van der Waals surface area contributed by atoms with Gasteiger partial charge in [0.1, 0.15) is 5.65 Å². The average Bonchev–Trinajstić information content (AvgIpc) is 3.20. The number of aromatic amines is 1. The minimum absolute atomic E-state index is 0.329. The van der Waals surface area contributed by atoms with Gasteiger partial charge in [-0.15, -0.1) is 0 Å². The molecule has 0 aliphatic carbocycles. The molecule has 0 atom stereocenters. The number of nitrogens with one attached hydrogen (secondary N) is 4. The Morgan fingerprint density at radius 1 is 1.31 bits per heavy atom. The number of H-pyrrole nitrogens is 1. The summed E-state index contributed by atoms with van der Waals surface area (Å²) in [6.07, 6.45) is 5.45. The molecule has 29 heavy (non-hydrogen) atoms. The topological polar surface area (TPSA) is 118 Å². The molecule has 0 aliphatic rings. The van der Waals surface area contributed by atoms with E-state index in [0.29, 0.717) is 24.7 Å². The van der Waals surface area contributed by atoms with Crippen LogP contribution in [0.25, 0.3) is 11.0 Å². The summed E-state index contributed by atoms with van der Waals surface area (Å²) < 4.78 is 0. The maximum Gasteiger partial charge on any atom is 0.300 e. The van der Waals surface area contributed by atoms with Crippen molar-refractivity contribution in [3.63, 3.8) is 0 Å². The van der Waals surface area contributed by atoms with Gasteiger partial charge in [0, 0.05) is 30.0 Å². The van der Waals surface area contributed by atoms with E-state index < -0.39 is 0 Å². The van der Waals surface area contributed by atoms with Crippen LogP contribution in [0.2, 0.25) is 0 Å². The minimum atomic E-state index is -0.366. The lowest BCUT2D eigenvalue weighted by Crippen LogP contribution is -2.34. The summed E-state index contributed by atoms with van der Waals surface area (Å²) in [6.45, 7) is 2.42. The Hall–Kier alpha value is -4.30. The van der Waals surface area contributed by atoms with Crippen LogP contribution in [0.15, 0.2) is 53.8 Å². The van der Waals surface area contributed by atoms with Crippen LogP contribution in [-0.2, 0) is 17.9 Å². The van der Waals surface area contributed by atoms with Crippen molar-refractivity contribution in [3.05, 3.63) is 59.9 Å². The molecule has 3 rings (SSSR count). The van der Waals surface area contributed by atoms with Crippen LogP contribution in [0.4, 0.5) is 5.69 Å². The molecule has 0 saturated carbocycles. The van der Waals surface area contributed by atoms with Crippen molar-refractivity contribution in [2.75, 3.05) is 5.32 Å². The fourth-order valence-corrected chi connectivity index (χ4v) is 2.74. The first kappa shape index (κ1) is 19.5. The molecule has 0 radical (unpaired) electrons. The van der Waals surface area contributed by atoms with E-state index in [1.54, 1.807) is 19.2 Å². The molecule has 8 heteroatoms. The molecule has 0 unspecified atom stereocenters. The number of nitriles is 1. The number of benzene rings is 1. The third-order valence-corrected chi connectivity index (χ3v) is 4.01. The first-order chi connectivity index (χ1) is 14.2. The molecule has 4 N–H and O–H groups in total. The quantitative estimate of drug-likeness (QED) is 0.177. The van der Waals surface area contributed by atoms with Crippen LogP contribution >= 0.6 is 0 Å². The molecule has 0 fully saturated rings. The number of aromatic nitrogens is 2. The standard InChI is InChI=1S/C21H19N7O/c1-2-4-19(29)28-17-6-3-5-15(11-17)12-25-21(27-14-22)26-13-16-7-9-23-20-18(16)8-10-24-20/h3,5-11H,12-13H2,1H3,(H,23,24)(H,28,29)(H2,25,26,27). The number of hydrogen-bond donors (Lipinski definition) is 4. The fraction of sp³-hybridized carbons (Fsp3) is 0.143. The van der Waals surface area contributed by atoms with Gasteiger partial charge in [-0.1, -0.05) is 18.1 Å². The Labute approximate surface area is 168 Å². The SMILES string of the molecule is CC#CC(=O)Nc1cccc(CN=C(NC#N)NCc2ccnc3[nH]ccc23)c1. The Morgan fingerprint density at radius 3 is 3.03 bits per heavy atom. The van der Waals surface area contributed by atoms with Crippen LogP contribution in [0.5, 0.6) is 0 Å². The third kappa shape index (κ3) is 5.34. The summed E-state index contributed by atoms with van der Waals surface area (Å²) in [6, 6.07) is 11.2. The Bertz CT molecular complexity index is 1140. The Morgan fingerprint density at radius 2 is 2.21 bits per heavy atom. The van der Waals surface area contributed by atoms with Crippen LogP contribution in [-0.4, -0.2) is 21.8 Å². The largest absolute Gasteiger partial charge is 0.351 e. The summed E-state index contributed by atoms with van der Waals surface area (Å²) in [5, 5.41) is 18.4. The van der Waals surface area contributed by atoms with Gasteiger partial charge < -0.3 is 15.6 Å². The number of hydrogen-bond acceptors (Lipinski definition) is 4. The van der Waals surface area contributed by atoms with Gasteiger partial charge in [0.05, 0.1) is 6.54 Å². The van der Waals surface area contributed by atoms with Gasteiger partial charge in [-0.2, -0.15) is 5.26 Å². The highest BCUT2D eigenvalue weighted by Gasteiger charge is 2.05. The summed E-state index contributed by atoms with van der Waals surface area (Å²) in [5.74, 6) is 4.98. The van der Waals surface area contributed by atoms with Crippen molar-refractivity contribution >= 4 is 28.6 Å². The van der Waals surface area contributed by atoms with Gasteiger partial charge in [0.2, 0.25) is 5.96 Å². The zero-order valence-corrected chi connectivity index (χ0v) is 15.8. The van der Waals surface area contributed by atoms with Crippen molar-refractivity contribution in [3.8, 4) is 18.0 Å². The lowest BCUT2D eigenvalue weighted by Gasteiger charge is -2.09. The molecule has 0 aliphatic heterocycles. The maximum absolute atomic E-state index is 11.6. The highest BCUT2D eigenvalue weighted by Crippen LogP contribution is 2.15. The molecule has 8 nitrogen and oxygen atoms in total. The normalized spacial score (nSPS) is 10.6. The second-order valence-electron chi connectivity index (χ2n) is 5.99. The lowest BCUT2D eigenvalue weighted by atomic mass is 10.2. The second-order valence-corrected chi connectivity index (χ2v) is 5.99. The zero-order valence-electron chi connectivity index (χ0n) is 15.8. The highest BCUT2D eigenvalue weighted by molar-refractivity contribution is 6.03. The van der Waals surface area contributed by atoms with E-state index in [1.807, 2.05) is 42.7 Å². The number of amides is 1. The molecule has 0 saturated heterocycles. The van der Waals surface area contributed by atoms with Crippen molar-refractivity contribution in [1.29, 1.82) is 5.26 Å². The number of nitrogens with zero attached hydrogens (tertiary/aromatic N) is 3. The molecule has 1 aromatic carbocycles. The number of rotatable bonds is 5. The number of anilines is 1. The van der Waals surface area contributed by atoms with E-state index in [-0.39, 0.29) is 5.91 Å². The minimum Gasteiger partial charge on any atom is -0.351 e. The molecule has 2 aromatic heterocycles. The van der Waals surface area contributed by atoms with Crippen molar-refractivity contribution in [2.45, 2.75) is 20.0 Å². The van der Waals surface area contributed by atoms with Crippen LogP contribution in [0.3, 0.4) is 0 Å². The molecule has 3 aromatic rings. The summed E-state index contributed by atoms with van der Waals surface area (Å²) >= 11 is 0. The number of carbonyl (C=O) groups is 1. The van der Waals surface area contributed by atoms with Crippen LogP contribution < -0.4 is 16.0 Å². The third-order valence-electron chi connectivity index (χ3n) is 4.01. The van der Waals surface area contributed by atoms with Crippen molar-refractivity contribution in [2.24, 2.45) is 4.99 Å². The van der Waals surface area contributed by atoms with Gasteiger partial charge in [0.25, 0.3) is 5.91 Å². The second kappa shape index (κ2) is 9.58. The molecular weight excluding hydrogens is 366 g/mol. The van der Waals surface area contributed by atoms with Crippen molar-refractivity contribution < 1.29 is 4.79 Å². The van der Waals surface area contributed by atoms with Gasteiger partial charge in [-0.05, 0) is 48.2 Å². The van der Waals surface area contributed by atoms with E-state index in [0.717, 1.165) is 22.2 Å². The van der Waals surface area contributed by atoms with E-state index in [4.69, 9.17) is 5.26 Å². The lowest BCUT2D eigenvalue weighted by molar-refractivity contribution is -0.111. The smallest absolute Gasteiger partial charge is 0.300 e. The van der Waals surface area contributed by atoms with E-state index in [1.165, 1.54) is 0 Å². The average molecular weight is 385 g/mol. The number of fused-ring (bicyclic) bond motifs is 1.